The summed E-state index contributed by atoms with van der Waals surface area (Å²) in [4.78, 5) is 4.57. The number of aliphatic imine (C=N–C) groups is 1. The van der Waals surface area contributed by atoms with Crippen molar-refractivity contribution in [3.8, 4) is 11.5 Å². The van der Waals surface area contributed by atoms with Gasteiger partial charge in [-0.25, -0.2) is 0 Å². The first kappa shape index (κ1) is 17.4. The predicted molar refractivity (Wildman–Crippen MR) is 91.3 cm³/mol. The third-order valence-electron chi connectivity index (χ3n) is 3.66. The minimum atomic E-state index is -0.264. The molecule has 0 unspecified atom stereocenters. The van der Waals surface area contributed by atoms with E-state index in [1.165, 1.54) is 5.56 Å². The highest BCUT2D eigenvalue weighted by Crippen LogP contribution is 2.32. The van der Waals surface area contributed by atoms with Gasteiger partial charge in [0.15, 0.2) is 17.5 Å². The van der Waals surface area contributed by atoms with Crippen molar-refractivity contribution in [2.24, 2.45) is 4.99 Å². The summed E-state index contributed by atoms with van der Waals surface area (Å²) in [7, 11) is 1.70. The molecule has 0 bridgehead atoms. The highest BCUT2D eigenvalue weighted by Gasteiger charge is 2.16. The standard InChI is InChI=1S/C17H27N3O3/c1-5-18-16(20-11-17(2,3)21-4)19-9-8-13-6-7-14-15(10-13)23-12-22-14/h6-7,10H,5,8-9,11-12H2,1-4H3,(H2,18,19,20). The quantitative estimate of drug-likeness (QED) is 0.593. The molecule has 128 valence electrons. The maximum Gasteiger partial charge on any atom is 0.231 e. The lowest BCUT2D eigenvalue weighted by Crippen LogP contribution is -2.40. The van der Waals surface area contributed by atoms with Gasteiger partial charge < -0.3 is 24.8 Å². The Hall–Kier alpha value is -1.95. The van der Waals surface area contributed by atoms with Crippen molar-refractivity contribution in [3.63, 3.8) is 0 Å². The smallest absolute Gasteiger partial charge is 0.231 e. The van der Waals surface area contributed by atoms with Gasteiger partial charge in [0.05, 0.1) is 12.1 Å². The highest BCUT2D eigenvalue weighted by molar-refractivity contribution is 5.79. The zero-order chi connectivity index (χ0) is 16.7. The van der Waals surface area contributed by atoms with Gasteiger partial charge in [-0.05, 0) is 44.9 Å². The molecule has 1 aliphatic heterocycles. The van der Waals surface area contributed by atoms with Crippen LogP contribution in [0.1, 0.15) is 26.3 Å². The average molecular weight is 321 g/mol. The highest BCUT2D eigenvalue weighted by atomic mass is 16.7. The molecule has 0 saturated heterocycles. The summed E-state index contributed by atoms with van der Waals surface area (Å²) in [6.07, 6.45) is 0.884. The van der Waals surface area contributed by atoms with Crippen LogP contribution in [0.5, 0.6) is 11.5 Å². The second kappa shape index (κ2) is 8.06. The second-order valence-corrected chi connectivity index (χ2v) is 6.02. The molecule has 0 atom stereocenters. The number of methoxy groups -OCH3 is 1. The molecule has 0 spiro atoms. The van der Waals surface area contributed by atoms with Gasteiger partial charge in [0.25, 0.3) is 0 Å². The van der Waals surface area contributed by atoms with Gasteiger partial charge in [0.2, 0.25) is 6.79 Å². The van der Waals surface area contributed by atoms with Crippen LogP contribution in [0.15, 0.2) is 23.2 Å². The summed E-state index contributed by atoms with van der Waals surface area (Å²) in [5.74, 6) is 2.45. The van der Waals surface area contributed by atoms with E-state index in [0.29, 0.717) is 13.3 Å². The molecule has 6 heteroatoms. The van der Waals surface area contributed by atoms with E-state index >= 15 is 0 Å². The van der Waals surface area contributed by atoms with Crippen LogP contribution < -0.4 is 20.1 Å². The van der Waals surface area contributed by atoms with Gasteiger partial charge in [-0.2, -0.15) is 0 Å². The van der Waals surface area contributed by atoms with E-state index < -0.39 is 0 Å². The summed E-state index contributed by atoms with van der Waals surface area (Å²) in [6.45, 7) is 8.62. The maximum absolute atomic E-state index is 5.40. The van der Waals surface area contributed by atoms with Crippen LogP contribution in [0.4, 0.5) is 0 Å². The molecule has 2 rings (SSSR count). The Kier molecular flexibility index (Phi) is 6.10. The van der Waals surface area contributed by atoms with E-state index in [4.69, 9.17) is 14.2 Å². The van der Waals surface area contributed by atoms with Gasteiger partial charge in [-0.3, -0.25) is 4.99 Å². The van der Waals surface area contributed by atoms with Gasteiger partial charge >= 0.3 is 0 Å². The minimum Gasteiger partial charge on any atom is -0.454 e. The van der Waals surface area contributed by atoms with Crippen LogP contribution in [0, 0.1) is 0 Å². The number of hydrogen-bond donors (Lipinski definition) is 2. The molecule has 6 nitrogen and oxygen atoms in total. The summed E-state index contributed by atoms with van der Waals surface area (Å²) in [5, 5.41) is 6.59. The monoisotopic (exact) mass is 321 g/mol. The van der Waals surface area contributed by atoms with Gasteiger partial charge in [0.1, 0.15) is 0 Å². The van der Waals surface area contributed by atoms with Gasteiger partial charge in [0, 0.05) is 20.2 Å². The molecule has 23 heavy (non-hydrogen) atoms. The topological polar surface area (TPSA) is 64.1 Å². The van der Waals surface area contributed by atoms with Crippen LogP contribution in [-0.2, 0) is 11.2 Å². The summed E-state index contributed by atoms with van der Waals surface area (Å²) in [6, 6.07) is 6.05. The molecular formula is C17H27N3O3. The van der Waals surface area contributed by atoms with E-state index in [0.717, 1.165) is 37.0 Å². The number of benzene rings is 1. The van der Waals surface area contributed by atoms with Crippen molar-refractivity contribution >= 4 is 5.96 Å². The molecule has 1 heterocycles. The van der Waals surface area contributed by atoms with E-state index in [-0.39, 0.29) is 5.60 Å². The van der Waals surface area contributed by atoms with E-state index in [9.17, 15) is 0 Å². The largest absolute Gasteiger partial charge is 0.454 e. The zero-order valence-electron chi connectivity index (χ0n) is 14.4. The molecule has 0 aromatic heterocycles. The fourth-order valence-electron chi connectivity index (χ4n) is 2.10. The Morgan fingerprint density at radius 3 is 2.78 bits per heavy atom. The van der Waals surface area contributed by atoms with Crippen molar-refractivity contribution in [2.75, 3.05) is 33.5 Å². The number of ether oxygens (including phenoxy) is 3. The summed E-state index contributed by atoms with van der Waals surface area (Å²) < 4.78 is 16.1. The van der Waals surface area contributed by atoms with E-state index in [1.807, 2.05) is 26.0 Å². The van der Waals surface area contributed by atoms with Crippen molar-refractivity contribution in [1.29, 1.82) is 0 Å². The number of fused-ring (bicyclic) bond motifs is 1. The molecule has 0 amide bonds. The maximum atomic E-state index is 5.40. The molecule has 1 aromatic rings. The van der Waals surface area contributed by atoms with Crippen molar-refractivity contribution < 1.29 is 14.2 Å². The minimum absolute atomic E-state index is 0.264. The predicted octanol–water partition coefficient (Wildman–Crippen LogP) is 1.94. The second-order valence-electron chi connectivity index (χ2n) is 6.02. The van der Waals surface area contributed by atoms with E-state index in [2.05, 4.69) is 28.6 Å². The Labute approximate surface area is 138 Å². The SMILES string of the molecule is CCNC(=NCC(C)(C)OC)NCCc1ccc2c(c1)OCO2. The third-order valence-corrected chi connectivity index (χ3v) is 3.66. The lowest BCUT2D eigenvalue weighted by molar-refractivity contribution is 0.0310. The molecule has 0 aliphatic carbocycles. The molecule has 1 aromatic carbocycles. The number of nitrogens with one attached hydrogen (secondary N) is 2. The summed E-state index contributed by atoms with van der Waals surface area (Å²) in [5.41, 5.74) is 0.939. The number of guanidine groups is 1. The van der Waals surface area contributed by atoms with Crippen molar-refractivity contribution in [2.45, 2.75) is 32.8 Å². The lowest BCUT2D eigenvalue weighted by Gasteiger charge is -2.21. The number of rotatable bonds is 7. The first-order valence-electron chi connectivity index (χ1n) is 8.00. The van der Waals surface area contributed by atoms with E-state index in [1.54, 1.807) is 7.11 Å². The fraction of sp³-hybridized carbons (Fsp3) is 0.588. The average Bonchev–Trinajstić information content (AvgIpc) is 3.00. The van der Waals surface area contributed by atoms with Crippen LogP contribution >= 0.6 is 0 Å². The molecular weight excluding hydrogens is 294 g/mol. The molecule has 0 radical (unpaired) electrons. The third kappa shape index (κ3) is 5.32. The first-order valence-corrected chi connectivity index (χ1v) is 8.00. The van der Waals surface area contributed by atoms with Crippen LogP contribution in [-0.4, -0.2) is 45.1 Å². The molecule has 0 saturated carbocycles. The van der Waals surface area contributed by atoms with Crippen molar-refractivity contribution in [1.82, 2.24) is 10.6 Å². The number of nitrogens with zero attached hydrogens (tertiary/aromatic N) is 1. The van der Waals surface area contributed by atoms with Crippen molar-refractivity contribution in [3.05, 3.63) is 23.8 Å². The fourth-order valence-corrected chi connectivity index (χ4v) is 2.10. The lowest BCUT2D eigenvalue weighted by atomic mass is 10.1. The Morgan fingerprint density at radius 1 is 1.26 bits per heavy atom. The van der Waals surface area contributed by atoms with Crippen LogP contribution in [0.2, 0.25) is 0 Å². The molecule has 2 N–H and O–H groups in total. The Bertz CT molecular complexity index is 544. The Morgan fingerprint density at radius 2 is 2.04 bits per heavy atom. The normalized spacial score (nSPS) is 14.0. The van der Waals surface area contributed by atoms with Gasteiger partial charge in [-0.1, -0.05) is 6.07 Å². The van der Waals surface area contributed by atoms with Crippen LogP contribution in [0.25, 0.3) is 0 Å². The van der Waals surface area contributed by atoms with Gasteiger partial charge in [-0.15, -0.1) is 0 Å². The first-order chi connectivity index (χ1) is 11.0. The zero-order valence-corrected chi connectivity index (χ0v) is 14.4. The molecule has 0 fully saturated rings. The number of hydrogen-bond acceptors (Lipinski definition) is 4. The summed E-state index contributed by atoms with van der Waals surface area (Å²) >= 11 is 0. The van der Waals surface area contributed by atoms with Crippen LogP contribution in [0.3, 0.4) is 0 Å². The molecule has 1 aliphatic rings. The Balaban J connectivity index is 1.85.